The number of nitrogens with one attached hydrogen (secondary N) is 3. The molecule has 3 amide bonds. The van der Waals surface area contributed by atoms with Gasteiger partial charge in [0.05, 0.1) is 12.6 Å². The third-order valence-corrected chi connectivity index (χ3v) is 5.23. The van der Waals surface area contributed by atoms with Gasteiger partial charge in [-0.05, 0) is 30.0 Å². The fourth-order valence-corrected chi connectivity index (χ4v) is 2.97. The minimum absolute atomic E-state index is 0.00320. The van der Waals surface area contributed by atoms with E-state index in [4.69, 9.17) is 10.8 Å². The van der Waals surface area contributed by atoms with E-state index >= 15 is 0 Å². The van der Waals surface area contributed by atoms with Crippen molar-refractivity contribution >= 4 is 29.7 Å². The number of carbonyl (C=O) groups is 5. The fraction of sp³-hybridized carbons (Fsp3) is 0.500. The molecule has 4 unspecified atom stereocenters. The molecular weight excluding hydrogens is 448 g/mol. The molecule has 0 aliphatic carbocycles. The second-order valence-corrected chi connectivity index (χ2v) is 7.96. The first kappa shape index (κ1) is 28.4. The van der Waals surface area contributed by atoms with Crippen LogP contribution in [-0.2, 0) is 30.4 Å². The maximum absolute atomic E-state index is 12.9. The zero-order valence-corrected chi connectivity index (χ0v) is 19.1. The molecule has 1 aromatic rings. The average Bonchev–Trinajstić information content (AvgIpc) is 2.79. The number of nitrogens with two attached hydrogens (primary N) is 1. The first-order valence-electron chi connectivity index (χ1n) is 10.8. The van der Waals surface area contributed by atoms with E-state index in [2.05, 4.69) is 16.0 Å². The Balaban J connectivity index is 2.87. The monoisotopic (exact) mass is 480 g/mol. The van der Waals surface area contributed by atoms with Crippen LogP contribution in [0, 0.1) is 5.92 Å². The van der Waals surface area contributed by atoms with Crippen LogP contribution in [0.15, 0.2) is 24.3 Å². The number of hydrogen-bond donors (Lipinski definition) is 7. The Labute approximate surface area is 196 Å². The molecule has 0 heterocycles. The maximum Gasteiger partial charge on any atom is 0.326 e. The number of aliphatic carboxylic acids is 2. The van der Waals surface area contributed by atoms with Gasteiger partial charge in [0, 0.05) is 12.8 Å². The molecule has 0 aromatic heterocycles. The lowest BCUT2D eigenvalue weighted by molar-refractivity contribution is -0.143. The third kappa shape index (κ3) is 9.86. The highest BCUT2D eigenvalue weighted by atomic mass is 16.4. The number of benzene rings is 1. The Hall–Kier alpha value is -3.67. The number of carbonyl (C=O) groups excluding carboxylic acids is 3. The lowest BCUT2D eigenvalue weighted by atomic mass is 9.98. The molecule has 1 rings (SSSR count). The summed E-state index contributed by atoms with van der Waals surface area (Å²) in [7, 11) is 0. The molecule has 0 fully saturated rings. The van der Waals surface area contributed by atoms with Crippen LogP contribution in [0.1, 0.15) is 38.7 Å². The second-order valence-electron chi connectivity index (χ2n) is 7.96. The van der Waals surface area contributed by atoms with Crippen molar-refractivity contribution in [2.75, 3.05) is 6.54 Å². The predicted molar refractivity (Wildman–Crippen MR) is 121 cm³/mol. The number of carboxylic acid groups (broad SMARTS) is 2. The number of rotatable bonds is 14. The van der Waals surface area contributed by atoms with E-state index in [-0.39, 0.29) is 30.9 Å². The summed E-state index contributed by atoms with van der Waals surface area (Å²) in [6.07, 6.45) is 0.0780. The second kappa shape index (κ2) is 13.8. The molecular formula is C22H32N4O8. The molecule has 34 heavy (non-hydrogen) atoms. The van der Waals surface area contributed by atoms with Gasteiger partial charge in [0.2, 0.25) is 17.7 Å². The average molecular weight is 481 g/mol. The van der Waals surface area contributed by atoms with Crippen LogP contribution in [0.25, 0.3) is 0 Å². The van der Waals surface area contributed by atoms with Crippen LogP contribution in [0.2, 0.25) is 0 Å². The number of hydrogen-bond acceptors (Lipinski definition) is 7. The molecule has 0 saturated carbocycles. The summed E-state index contributed by atoms with van der Waals surface area (Å²) < 4.78 is 0. The first-order chi connectivity index (χ1) is 15.9. The minimum atomic E-state index is -1.21. The van der Waals surface area contributed by atoms with Crippen LogP contribution in [0.4, 0.5) is 0 Å². The molecule has 0 spiro atoms. The Morgan fingerprint density at radius 1 is 1.00 bits per heavy atom. The van der Waals surface area contributed by atoms with Gasteiger partial charge in [0.15, 0.2) is 0 Å². The molecule has 0 saturated heterocycles. The standard InChI is InChI=1S/C22H32N4O8/c1-3-12(2)19(22(33)34)26-21(32)16(10-13-4-6-14(27)7-5-13)25-17(28)11-24-20(31)15(23)8-9-18(29)30/h4-7,12,15-16,19,27H,3,8-11,23H2,1-2H3,(H,24,31)(H,25,28)(H,26,32)(H,29,30)(H,33,34). The highest BCUT2D eigenvalue weighted by molar-refractivity contribution is 5.92. The lowest BCUT2D eigenvalue weighted by Gasteiger charge is -2.24. The Morgan fingerprint density at radius 3 is 2.15 bits per heavy atom. The normalized spacial score (nSPS) is 14.2. The van der Waals surface area contributed by atoms with E-state index < -0.39 is 54.3 Å². The van der Waals surface area contributed by atoms with Gasteiger partial charge < -0.3 is 37.0 Å². The predicted octanol–water partition coefficient (Wildman–Crippen LogP) is -0.657. The minimum Gasteiger partial charge on any atom is -0.508 e. The van der Waals surface area contributed by atoms with Crippen LogP contribution in [-0.4, -0.2) is 69.7 Å². The molecule has 188 valence electrons. The molecule has 1 aromatic carbocycles. The Kier molecular flexibility index (Phi) is 11.5. The van der Waals surface area contributed by atoms with Crippen molar-refractivity contribution in [3.63, 3.8) is 0 Å². The third-order valence-electron chi connectivity index (χ3n) is 5.23. The van der Waals surface area contributed by atoms with Crippen LogP contribution >= 0.6 is 0 Å². The SMILES string of the molecule is CCC(C)C(NC(=O)C(Cc1ccc(O)cc1)NC(=O)CNC(=O)C(N)CCC(=O)O)C(=O)O. The summed E-state index contributed by atoms with van der Waals surface area (Å²) >= 11 is 0. The molecule has 0 aliphatic heterocycles. The highest BCUT2D eigenvalue weighted by Gasteiger charge is 2.30. The van der Waals surface area contributed by atoms with Crippen molar-refractivity contribution in [1.82, 2.24) is 16.0 Å². The van der Waals surface area contributed by atoms with Crippen molar-refractivity contribution in [2.45, 2.75) is 57.7 Å². The molecule has 0 aliphatic rings. The summed E-state index contributed by atoms with van der Waals surface area (Å²) in [5.74, 6) is -4.84. The van der Waals surface area contributed by atoms with Crippen molar-refractivity contribution in [3.8, 4) is 5.75 Å². The van der Waals surface area contributed by atoms with Crippen molar-refractivity contribution in [1.29, 1.82) is 0 Å². The van der Waals surface area contributed by atoms with Crippen LogP contribution < -0.4 is 21.7 Å². The molecule has 12 heteroatoms. The quantitative estimate of drug-likeness (QED) is 0.180. The maximum atomic E-state index is 12.9. The Morgan fingerprint density at radius 2 is 1.62 bits per heavy atom. The van der Waals surface area contributed by atoms with E-state index in [1.54, 1.807) is 26.0 Å². The smallest absolute Gasteiger partial charge is 0.326 e. The van der Waals surface area contributed by atoms with Gasteiger partial charge in [0.25, 0.3) is 0 Å². The van der Waals surface area contributed by atoms with Crippen LogP contribution in [0.5, 0.6) is 5.75 Å². The fourth-order valence-electron chi connectivity index (χ4n) is 2.97. The largest absolute Gasteiger partial charge is 0.508 e. The van der Waals surface area contributed by atoms with E-state index in [1.807, 2.05) is 0 Å². The number of phenols is 1. The Bertz CT molecular complexity index is 874. The molecule has 12 nitrogen and oxygen atoms in total. The van der Waals surface area contributed by atoms with Crippen molar-refractivity contribution in [3.05, 3.63) is 29.8 Å². The first-order valence-corrected chi connectivity index (χ1v) is 10.8. The number of aromatic hydroxyl groups is 1. The summed E-state index contributed by atoms with van der Waals surface area (Å²) in [6.45, 7) is 2.94. The van der Waals surface area contributed by atoms with Gasteiger partial charge in [-0.25, -0.2) is 4.79 Å². The van der Waals surface area contributed by atoms with Gasteiger partial charge in [-0.2, -0.15) is 0 Å². The number of carboxylic acids is 2. The van der Waals surface area contributed by atoms with Gasteiger partial charge in [-0.15, -0.1) is 0 Å². The highest BCUT2D eigenvalue weighted by Crippen LogP contribution is 2.13. The van der Waals surface area contributed by atoms with Gasteiger partial charge in [0.1, 0.15) is 17.8 Å². The molecule has 0 radical (unpaired) electrons. The van der Waals surface area contributed by atoms with Crippen molar-refractivity contribution in [2.24, 2.45) is 11.7 Å². The van der Waals surface area contributed by atoms with E-state index in [0.29, 0.717) is 12.0 Å². The van der Waals surface area contributed by atoms with Gasteiger partial charge in [-0.3, -0.25) is 19.2 Å². The summed E-state index contributed by atoms with van der Waals surface area (Å²) in [5, 5.41) is 34.8. The number of amides is 3. The summed E-state index contributed by atoms with van der Waals surface area (Å²) in [5.41, 5.74) is 6.18. The van der Waals surface area contributed by atoms with Crippen LogP contribution in [0.3, 0.4) is 0 Å². The summed E-state index contributed by atoms with van der Waals surface area (Å²) in [4.78, 5) is 59.4. The number of phenolic OH excluding ortho intramolecular Hbond substituents is 1. The molecule has 4 atom stereocenters. The van der Waals surface area contributed by atoms with Gasteiger partial charge in [-0.1, -0.05) is 32.4 Å². The molecule has 0 bridgehead atoms. The summed E-state index contributed by atoms with van der Waals surface area (Å²) in [6, 6.07) is 2.47. The van der Waals surface area contributed by atoms with E-state index in [1.165, 1.54) is 12.1 Å². The zero-order chi connectivity index (χ0) is 25.8. The van der Waals surface area contributed by atoms with Crippen molar-refractivity contribution < 1.29 is 39.3 Å². The molecule has 8 N–H and O–H groups in total. The zero-order valence-electron chi connectivity index (χ0n) is 19.1. The lowest BCUT2D eigenvalue weighted by Crippen LogP contribution is -2.55. The van der Waals surface area contributed by atoms with Gasteiger partial charge >= 0.3 is 11.9 Å². The van der Waals surface area contributed by atoms with E-state index in [0.717, 1.165) is 0 Å². The van der Waals surface area contributed by atoms with E-state index in [9.17, 15) is 34.2 Å². The topological polar surface area (TPSA) is 208 Å².